The first kappa shape index (κ1) is 14.1. The number of halogens is 4. The smallest absolute Gasteiger partial charge is 0.258 e. The molecule has 0 N–H and O–H groups in total. The number of benzene rings is 1. The third kappa shape index (κ3) is 3.02. The van der Waals surface area contributed by atoms with Gasteiger partial charge in [-0.3, -0.25) is 10.1 Å². The van der Waals surface area contributed by atoms with E-state index in [1.807, 2.05) is 0 Å². The number of nitro groups is 1. The minimum Gasteiger partial charge on any atom is -0.258 e. The van der Waals surface area contributed by atoms with Crippen LogP contribution in [0.2, 0.25) is 5.02 Å². The van der Waals surface area contributed by atoms with E-state index in [1.165, 1.54) is 0 Å². The Morgan fingerprint density at radius 2 is 1.88 bits per heavy atom. The van der Waals surface area contributed by atoms with E-state index in [2.05, 4.69) is 0 Å². The lowest BCUT2D eigenvalue weighted by molar-refractivity contribution is -0.385. The van der Waals surface area contributed by atoms with Crippen LogP contribution in [0.1, 0.15) is 12.0 Å². The summed E-state index contributed by atoms with van der Waals surface area (Å²) in [6.45, 7) is 0. The second-order valence-corrected chi connectivity index (χ2v) is 5.79. The molecule has 0 aromatic heterocycles. The molecule has 5 nitrogen and oxygen atoms in total. The average Bonchev–Trinajstić information content (AvgIpc) is 2.14. The van der Waals surface area contributed by atoms with Gasteiger partial charge in [0.1, 0.15) is 5.02 Å². The highest BCUT2D eigenvalue weighted by atomic mass is 35.7. The van der Waals surface area contributed by atoms with Crippen LogP contribution in [0.25, 0.3) is 0 Å². The molecule has 10 heteroatoms. The van der Waals surface area contributed by atoms with Gasteiger partial charge in [-0.25, -0.2) is 17.2 Å². The molecule has 0 aliphatic heterocycles. The first-order chi connectivity index (χ1) is 7.64. The zero-order chi connectivity index (χ0) is 13.4. The van der Waals surface area contributed by atoms with Gasteiger partial charge in [0.25, 0.3) is 21.2 Å². The van der Waals surface area contributed by atoms with Gasteiger partial charge in [0.2, 0.25) is 0 Å². The molecule has 17 heavy (non-hydrogen) atoms. The van der Waals surface area contributed by atoms with Gasteiger partial charge in [-0.05, 0) is 6.07 Å². The molecule has 0 spiro atoms. The molecule has 0 radical (unpaired) electrons. The number of hydrogen-bond acceptors (Lipinski definition) is 4. The lowest BCUT2D eigenvalue weighted by Crippen LogP contribution is -1.99. The summed E-state index contributed by atoms with van der Waals surface area (Å²) in [6, 6.07) is 1.03. The van der Waals surface area contributed by atoms with Gasteiger partial charge >= 0.3 is 0 Å². The van der Waals surface area contributed by atoms with E-state index in [1.54, 1.807) is 0 Å². The largest absolute Gasteiger partial charge is 0.289 e. The minimum absolute atomic E-state index is 0.502. The van der Waals surface area contributed by atoms with Gasteiger partial charge in [0, 0.05) is 22.3 Å². The standard InChI is InChI=1S/C7H3Cl2F2NO4S/c8-6-4(7(10)11)1-3(17(9,15)16)2-5(6)12(13)14/h1-2,7H. The Balaban J connectivity index is 3.65. The highest BCUT2D eigenvalue weighted by molar-refractivity contribution is 8.13. The van der Waals surface area contributed by atoms with Crippen LogP contribution in [0.4, 0.5) is 14.5 Å². The van der Waals surface area contributed by atoms with Crippen molar-refractivity contribution in [2.45, 2.75) is 11.3 Å². The molecule has 0 unspecified atom stereocenters. The lowest BCUT2D eigenvalue weighted by Gasteiger charge is -2.05. The van der Waals surface area contributed by atoms with Gasteiger partial charge in [-0.2, -0.15) is 0 Å². The number of nitrogens with zero attached hydrogens (tertiary/aromatic N) is 1. The fourth-order valence-electron chi connectivity index (χ4n) is 1.04. The van der Waals surface area contributed by atoms with Crippen molar-refractivity contribution in [2.75, 3.05) is 0 Å². The van der Waals surface area contributed by atoms with Crippen LogP contribution >= 0.6 is 22.3 Å². The molecule has 0 bridgehead atoms. The van der Waals surface area contributed by atoms with E-state index in [4.69, 9.17) is 22.3 Å². The van der Waals surface area contributed by atoms with E-state index in [0.29, 0.717) is 12.1 Å². The molecule has 1 rings (SSSR count). The fourth-order valence-corrected chi connectivity index (χ4v) is 2.08. The summed E-state index contributed by atoms with van der Waals surface area (Å²) in [5.41, 5.74) is -1.90. The maximum absolute atomic E-state index is 12.5. The molecule has 0 atom stereocenters. The SMILES string of the molecule is O=[N+]([O-])c1cc(S(=O)(=O)Cl)cc(C(F)F)c1Cl. The van der Waals surface area contributed by atoms with Crippen molar-refractivity contribution in [3.8, 4) is 0 Å². The maximum atomic E-state index is 12.5. The zero-order valence-electron chi connectivity index (χ0n) is 7.73. The molecule has 0 heterocycles. The second kappa shape index (κ2) is 4.71. The van der Waals surface area contributed by atoms with Crippen molar-refractivity contribution in [3.05, 3.63) is 32.8 Å². The van der Waals surface area contributed by atoms with Crippen molar-refractivity contribution in [1.29, 1.82) is 0 Å². The Labute approximate surface area is 104 Å². The summed E-state index contributed by atoms with van der Waals surface area (Å²) in [5.74, 6) is 0. The quantitative estimate of drug-likeness (QED) is 0.488. The molecule has 0 saturated carbocycles. The summed E-state index contributed by atoms with van der Waals surface area (Å²) in [4.78, 5) is 8.64. The molecular weight excluding hydrogens is 303 g/mol. The second-order valence-electron chi connectivity index (χ2n) is 2.84. The van der Waals surface area contributed by atoms with Crippen LogP contribution < -0.4 is 0 Å². The molecule has 1 aromatic carbocycles. The molecule has 0 amide bonds. The van der Waals surface area contributed by atoms with Gasteiger partial charge in [-0.15, -0.1) is 0 Å². The molecule has 1 aromatic rings. The van der Waals surface area contributed by atoms with Gasteiger partial charge < -0.3 is 0 Å². The molecular formula is C7H3Cl2F2NO4S. The molecule has 0 fully saturated rings. The number of nitro benzene ring substituents is 1. The fraction of sp³-hybridized carbons (Fsp3) is 0.143. The average molecular weight is 306 g/mol. The third-order valence-corrected chi connectivity index (χ3v) is 3.51. The van der Waals surface area contributed by atoms with Crippen molar-refractivity contribution in [1.82, 2.24) is 0 Å². The molecule has 0 aliphatic rings. The monoisotopic (exact) mass is 305 g/mol. The van der Waals surface area contributed by atoms with E-state index in [-0.39, 0.29) is 0 Å². The molecule has 94 valence electrons. The third-order valence-electron chi connectivity index (χ3n) is 1.77. The Morgan fingerprint density at radius 1 is 1.35 bits per heavy atom. The maximum Gasteiger partial charge on any atom is 0.289 e. The van der Waals surface area contributed by atoms with Gasteiger partial charge in [0.05, 0.1) is 9.82 Å². The van der Waals surface area contributed by atoms with E-state index in [0.717, 1.165) is 0 Å². The predicted molar refractivity (Wildman–Crippen MR) is 56.1 cm³/mol. The number of alkyl halides is 2. The van der Waals surface area contributed by atoms with E-state index in [9.17, 15) is 27.3 Å². The Hall–Kier alpha value is -0.990. The van der Waals surface area contributed by atoms with Crippen molar-refractivity contribution < 1.29 is 22.1 Å². The number of hydrogen-bond donors (Lipinski definition) is 0. The van der Waals surface area contributed by atoms with Crippen LogP contribution in [0, 0.1) is 10.1 Å². The first-order valence-corrected chi connectivity index (χ1v) is 6.54. The Morgan fingerprint density at radius 3 is 2.24 bits per heavy atom. The summed E-state index contributed by atoms with van der Waals surface area (Å²) in [7, 11) is 0.570. The highest BCUT2D eigenvalue weighted by Crippen LogP contribution is 2.37. The normalized spacial score (nSPS) is 11.8. The number of rotatable bonds is 3. The summed E-state index contributed by atoms with van der Waals surface area (Å²) >= 11 is 5.36. The Bertz CT molecular complexity index is 575. The Kier molecular flexibility index (Phi) is 3.90. The lowest BCUT2D eigenvalue weighted by atomic mass is 10.2. The topological polar surface area (TPSA) is 77.3 Å². The molecule has 0 saturated heterocycles. The van der Waals surface area contributed by atoms with E-state index < -0.39 is 41.6 Å². The highest BCUT2D eigenvalue weighted by Gasteiger charge is 2.26. The van der Waals surface area contributed by atoms with Crippen LogP contribution in [-0.2, 0) is 9.05 Å². The van der Waals surface area contributed by atoms with E-state index >= 15 is 0 Å². The van der Waals surface area contributed by atoms with Gasteiger partial charge in [-0.1, -0.05) is 11.6 Å². The minimum atomic E-state index is -4.36. The van der Waals surface area contributed by atoms with Crippen LogP contribution in [0.15, 0.2) is 17.0 Å². The summed E-state index contributed by atoms with van der Waals surface area (Å²) < 4.78 is 46.9. The summed E-state index contributed by atoms with van der Waals surface area (Å²) in [6.07, 6.45) is -3.15. The van der Waals surface area contributed by atoms with Crippen LogP contribution in [0.3, 0.4) is 0 Å². The van der Waals surface area contributed by atoms with Gasteiger partial charge in [0.15, 0.2) is 0 Å². The summed E-state index contributed by atoms with van der Waals surface area (Å²) in [5, 5.41) is 9.70. The predicted octanol–water partition coefficient (Wildman–Crippen LogP) is 3.11. The zero-order valence-corrected chi connectivity index (χ0v) is 10.1. The molecule has 0 aliphatic carbocycles. The van der Waals surface area contributed by atoms with Crippen molar-refractivity contribution in [3.63, 3.8) is 0 Å². The van der Waals surface area contributed by atoms with Crippen molar-refractivity contribution in [2.24, 2.45) is 0 Å². The van der Waals surface area contributed by atoms with Crippen molar-refractivity contribution >= 4 is 37.0 Å². The first-order valence-electron chi connectivity index (χ1n) is 3.85. The van der Waals surface area contributed by atoms with Crippen LogP contribution in [0.5, 0.6) is 0 Å². The van der Waals surface area contributed by atoms with Crippen LogP contribution in [-0.4, -0.2) is 13.3 Å².